The van der Waals surface area contributed by atoms with Crippen LogP contribution in [0.2, 0.25) is 0 Å². The van der Waals surface area contributed by atoms with E-state index in [1.54, 1.807) is 11.3 Å². The molecule has 0 radical (unpaired) electrons. The summed E-state index contributed by atoms with van der Waals surface area (Å²) in [5.41, 5.74) is 2.86. The lowest BCUT2D eigenvalue weighted by Gasteiger charge is -2.14. The van der Waals surface area contributed by atoms with E-state index in [9.17, 15) is 4.79 Å². The van der Waals surface area contributed by atoms with E-state index in [4.69, 9.17) is 0 Å². The number of thioether (sulfide) groups is 1. The lowest BCUT2D eigenvalue weighted by Crippen LogP contribution is -2.23. The molecule has 0 bridgehead atoms. The summed E-state index contributed by atoms with van der Waals surface area (Å²) in [4.78, 5) is 13.9. The maximum Gasteiger partial charge on any atom is 0.237 e. The third-order valence-electron chi connectivity index (χ3n) is 4.50. The first-order valence-electron chi connectivity index (χ1n) is 9.18. The molecule has 5 nitrogen and oxygen atoms in total. The molecule has 0 aliphatic rings. The van der Waals surface area contributed by atoms with E-state index in [2.05, 4.69) is 15.5 Å². The second kappa shape index (κ2) is 8.63. The van der Waals surface area contributed by atoms with Crippen LogP contribution in [0.5, 0.6) is 0 Å². The summed E-state index contributed by atoms with van der Waals surface area (Å²) in [6.07, 6.45) is 0. The molecule has 0 fully saturated rings. The minimum absolute atomic E-state index is 0.0703. The molecule has 0 spiro atoms. The maximum atomic E-state index is 12.9. The van der Waals surface area contributed by atoms with E-state index < -0.39 is 0 Å². The molecule has 0 aliphatic carbocycles. The van der Waals surface area contributed by atoms with Crippen molar-refractivity contribution in [3.63, 3.8) is 0 Å². The Labute approximate surface area is 177 Å². The molecule has 29 heavy (non-hydrogen) atoms. The highest BCUT2D eigenvalue weighted by molar-refractivity contribution is 8.00. The largest absolute Gasteiger partial charge is 0.325 e. The van der Waals surface area contributed by atoms with Crippen LogP contribution < -0.4 is 5.32 Å². The van der Waals surface area contributed by atoms with Crippen molar-refractivity contribution in [1.29, 1.82) is 0 Å². The normalized spacial score (nSPS) is 11.9. The molecule has 7 heteroatoms. The van der Waals surface area contributed by atoms with Gasteiger partial charge in [0.15, 0.2) is 11.0 Å². The number of hydrogen-bond acceptors (Lipinski definition) is 5. The molecule has 1 amide bonds. The molecule has 1 N–H and O–H groups in total. The number of rotatable bonds is 6. The number of aromatic nitrogens is 3. The van der Waals surface area contributed by atoms with Crippen LogP contribution in [0, 0.1) is 0 Å². The van der Waals surface area contributed by atoms with E-state index in [1.807, 2.05) is 90.6 Å². The minimum Gasteiger partial charge on any atom is -0.325 e. The Morgan fingerprint density at radius 3 is 2.55 bits per heavy atom. The number of thiophene rings is 1. The molecule has 1 atom stereocenters. The van der Waals surface area contributed by atoms with Crippen LogP contribution in [0.3, 0.4) is 0 Å². The molecule has 146 valence electrons. The van der Waals surface area contributed by atoms with Gasteiger partial charge in [-0.2, -0.15) is 0 Å². The fourth-order valence-corrected chi connectivity index (χ4v) is 4.50. The molecule has 0 saturated heterocycles. The van der Waals surface area contributed by atoms with Gasteiger partial charge in [-0.15, -0.1) is 21.5 Å². The lowest BCUT2D eigenvalue weighted by molar-refractivity contribution is -0.115. The fraction of sp³-hybridized carbons (Fsp3) is 0.136. The van der Waals surface area contributed by atoms with Gasteiger partial charge in [0.25, 0.3) is 0 Å². The highest BCUT2D eigenvalue weighted by atomic mass is 32.2. The van der Waals surface area contributed by atoms with Crippen molar-refractivity contribution in [2.45, 2.75) is 17.3 Å². The summed E-state index contributed by atoms with van der Waals surface area (Å²) in [6.45, 7) is 1.88. The Bertz CT molecular complexity index is 1110. The van der Waals surface area contributed by atoms with Crippen LogP contribution >= 0.6 is 23.1 Å². The van der Waals surface area contributed by atoms with Gasteiger partial charge in [-0.3, -0.25) is 4.79 Å². The summed E-state index contributed by atoms with van der Waals surface area (Å²) in [6, 6.07) is 21.9. The fourth-order valence-electron chi connectivity index (χ4n) is 2.95. The smallest absolute Gasteiger partial charge is 0.237 e. The number of carbonyl (C=O) groups excluding carboxylic acids is 1. The number of benzene rings is 2. The van der Waals surface area contributed by atoms with Gasteiger partial charge in [-0.25, -0.2) is 0 Å². The Kier molecular flexibility index (Phi) is 5.78. The van der Waals surface area contributed by atoms with Crippen LogP contribution in [0.4, 0.5) is 5.69 Å². The molecular formula is C22H20N4OS2. The Morgan fingerprint density at radius 1 is 1.03 bits per heavy atom. The van der Waals surface area contributed by atoms with E-state index in [0.717, 1.165) is 27.5 Å². The standard InChI is InChI=1S/C22H20N4OS2/c1-15(29-22-25-24-20(26(22)2)19-13-8-14-28-19)21(27)23-18-12-7-6-11-17(18)16-9-4-3-5-10-16/h3-15H,1-2H3,(H,23,27). The van der Waals surface area contributed by atoms with Crippen molar-refractivity contribution in [2.24, 2.45) is 7.05 Å². The van der Waals surface area contributed by atoms with Gasteiger partial charge >= 0.3 is 0 Å². The second-order valence-corrected chi connectivity index (χ2v) is 8.76. The molecular weight excluding hydrogens is 400 g/mol. The first-order valence-corrected chi connectivity index (χ1v) is 10.9. The monoisotopic (exact) mass is 420 g/mol. The Balaban J connectivity index is 1.49. The molecule has 0 saturated carbocycles. The quantitative estimate of drug-likeness (QED) is 0.428. The first kappa shape index (κ1) is 19.4. The predicted octanol–water partition coefficient (Wildman–Crippen LogP) is 5.33. The van der Waals surface area contributed by atoms with Gasteiger partial charge in [0.1, 0.15) is 0 Å². The van der Waals surface area contributed by atoms with Gasteiger partial charge < -0.3 is 9.88 Å². The van der Waals surface area contributed by atoms with E-state index in [1.165, 1.54) is 11.8 Å². The Morgan fingerprint density at radius 2 is 1.79 bits per heavy atom. The van der Waals surface area contributed by atoms with E-state index in [-0.39, 0.29) is 11.2 Å². The van der Waals surface area contributed by atoms with Crippen LogP contribution in [0.15, 0.2) is 77.3 Å². The second-order valence-electron chi connectivity index (χ2n) is 6.50. The van der Waals surface area contributed by atoms with Crippen molar-refractivity contribution < 1.29 is 4.79 Å². The van der Waals surface area contributed by atoms with Gasteiger partial charge in [0.05, 0.1) is 10.1 Å². The summed E-state index contributed by atoms with van der Waals surface area (Å²) in [5.74, 6) is 0.739. The third kappa shape index (κ3) is 4.26. The number of carbonyl (C=O) groups is 1. The highest BCUT2D eigenvalue weighted by Crippen LogP contribution is 2.30. The SMILES string of the molecule is CC(Sc1nnc(-c2cccs2)n1C)C(=O)Nc1ccccc1-c1ccccc1. The third-order valence-corrected chi connectivity index (χ3v) is 6.50. The van der Waals surface area contributed by atoms with Crippen LogP contribution in [-0.2, 0) is 11.8 Å². The number of hydrogen-bond donors (Lipinski definition) is 1. The molecule has 0 aliphatic heterocycles. The van der Waals surface area contributed by atoms with Crippen molar-refractivity contribution >= 4 is 34.7 Å². The molecule has 4 rings (SSSR count). The topological polar surface area (TPSA) is 59.8 Å². The minimum atomic E-state index is -0.321. The van der Waals surface area contributed by atoms with Gasteiger partial charge in [0, 0.05) is 18.3 Å². The predicted molar refractivity (Wildman–Crippen MR) is 120 cm³/mol. The van der Waals surface area contributed by atoms with Crippen LogP contribution in [0.1, 0.15) is 6.92 Å². The average molecular weight is 421 g/mol. The summed E-state index contributed by atoms with van der Waals surface area (Å²) >= 11 is 3.02. The molecule has 4 aromatic rings. The summed E-state index contributed by atoms with van der Waals surface area (Å²) in [5, 5.41) is 14.0. The zero-order chi connectivity index (χ0) is 20.2. The van der Waals surface area contributed by atoms with Crippen LogP contribution in [-0.4, -0.2) is 25.9 Å². The first-order chi connectivity index (χ1) is 14.1. The van der Waals surface area contributed by atoms with Crippen molar-refractivity contribution in [3.05, 3.63) is 72.1 Å². The molecule has 1 unspecified atom stereocenters. The summed E-state index contributed by atoms with van der Waals surface area (Å²) in [7, 11) is 1.92. The summed E-state index contributed by atoms with van der Waals surface area (Å²) < 4.78 is 1.93. The zero-order valence-electron chi connectivity index (χ0n) is 16.1. The van der Waals surface area contributed by atoms with Crippen LogP contribution in [0.25, 0.3) is 21.8 Å². The zero-order valence-corrected chi connectivity index (χ0v) is 17.7. The highest BCUT2D eigenvalue weighted by Gasteiger charge is 2.20. The number of nitrogens with zero attached hydrogens (tertiary/aromatic N) is 3. The molecule has 2 aromatic carbocycles. The van der Waals surface area contributed by atoms with Crippen molar-refractivity contribution in [2.75, 3.05) is 5.32 Å². The van der Waals surface area contributed by atoms with Gasteiger partial charge in [0.2, 0.25) is 5.91 Å². The van der Waals surface area contributed by atoms with E-state index >= 15 is 0 Å². The number of anilines is 1. The number of nitrogens with one attached hydrogen (secondary N) is 1. The average Bonchev–Trinajstić information content (AvgIpc) is 3.39. The molecule has 2 aromatic heterocycles. The molecule has 2 heterocycles. The number of amides is 1. The number of para-hydroxylation sites is 1. The van der Waals surface area contributed by atoms with E-state index in [0.29, 0.717) is 5.16 Å². The van der Waals surface area contributed by atoms with Crippen molar-refractivity contribution in [1.82, 2.24) is 14.8 Å². The van der Waals surface area contributed by atoms with Gasteiger partial charge in [-0.05, 0) is 30.0 Å². The van der Waals surface area contributed by atoms with Gasteiger partial charge in [-0.1, -0.05) is 66.4 Å². The lowest BCUT2D eigenvalue weighted by atomic mass is 10.0. The van der Waals surface area contributed by atoms with Crippen molar-refractivity contribution in [3.8, 4) is 21.8 Å². The maximum absolute atomic E-state index is 12.9. The Hall–Kier alpha value is -2.90.